The molecule has 5 nitrogen and oxygen atoms in total. The Morgan fingerprint density at radius 3 is 2.63 bits per heavy atom. The summed E-state index contributed by atoms with van der Waals surface area (Å²) >= 11 is 11.7. The summed E-state index contributed by atoms with van der Waals surface area (Å²) in [5.41, 5.74) is 0.272. The molecule has 7 heteroatoms. The van der Waals surface area contributed by atoms with Gasteiger partial charge in [-0.05, 0) is 31.2 Å². The first-order chi connectivity index (χ1) is 8.97. The second-order valence-corrected chi connectivity index (χ2v) is 5.57. The van der Waals surface area contributed by atoms with Crippen molar-refractivity contribution in [1.82, 2.24) is 0 Å². The SMILES string of the molecule is O=[N+]([O-])c1cc(Cl)c(Cl)cc1NCC1CCC(O)C1. The standard InChI is InChI=1S/C12H14Cl2N2O3/c13-9-4-11(12(16(18)19)5-10(9)14)15-6-7-1-2-8(17)3-7/h4-5,7-8,15,17H,1-3,6H2. The van der Waals surface area contributed by atoms with Gasteiger partial charge in [0.25, 0.3) is 5.69 Å². The molecular weight excluding hydrogens is 291 g/mol. The number of aliphatic hydroxyl groups excluding tert-OH is 1. The Labute approximate surface area is 120 Å². The molecule has 104 valence electrons. The van der Waals surface area contributed by atoms with Crippen molar-refractivity contribution in [2.75, 3.05) is 11.9 Å². The molecule has 1 aromatic rings. The minimum absolute atomic E-state index is 0.0899. The number of hydrogen-bond acceptors (Lipinski definition) is 4. The molecule has 1 fully saturated rings. The average molecular weight is 305 g/mol. The molecule has 0 saturated heterocycles. The fraction of sp³-hybridized carbons (Fsp3) is 0.500. The van der Waals surface area contributed by atoms with E-state index in [0.717, 1.165) is 19.3 Å². The molecule has 0 bridgehead atoms. The Kier molecular flexibility index (Phi) is 4.50. The zero-order chi connectivity index (χ0) is 14.0. The van der Waals surface area contributed by atoms with Crippen molar-refractivity contribution in [2.45, 2.75) is 25.4 Å². The molecule has 19 heavy (non-hydrogen) atoms. The van der Waals surface area contributed by atoms with Crippen molar-refractivity contribution in [2.24, 2.45) is 5.92 Å². The molecule has 0 amide bonds. The monoisotopic (exact) mass is 304 g/mol. The molecule has 2 N–H and O–H groups in total. The lowest BCUT2D eigenvalue weighted by Gasteiger charge is -2.12. The number of nitro benzene ring substituents is 1. The van der Waals surface area contributed by atoms with Gasteiger partial charge in [0.05, 0.1) is 21.1 Å². The van der Waals surface area contributed by atoms with Gasteiger partial charge in [0.2, 0.25) is 0 Å². The van der Waals surface area contributed by atoms with Gasteiger partial charge >= 0.3 is 0 Å². The number of rotatable bonds is 4. The molecule has 1 aliphatic rings. The molecule has 0 heterocycles. The van der Waals surface area contributed by atoms with Gasteiger partial charge in [0.15, 0.2) is 0 Å². The number of nitrogens with one attached hydrogen (secondary N) is 1. The molecule has 0 spiro atoms. The summed E-state index contributed by atoms with van der Waals surface area (Å²) in [7, 11) is 0. The Morgan fingerprint density at radius 1 is 1.37 bits per heavy atom. The maximum Gasteiger partial charge on any atom is 0.293 e. The van der Waals surface area contributed by atoms with Gasteiger partial charge in [-0.15, -0.1) is 0 Å². The number of aliphatic hydroxyl groups is 1. The Morgan fingerprint density at radius 2 is 2.05 bits per heavy atom. The molecule has 1 saturated carbocycles. The highest BCUT2D eigenvalue weighted by Gasteiger charge is 2.24. The van der Waals surface area contributed by atoms with Crippen molar-refractivity contribution >= 4 is 34.6 Å². The lowest BCUT2D eigenvalue weighted by molar-refractivity contribution is -0.383. The Bertz CT molecular complexity index is 496. The van der Waals surface area contributed by atoms with E-state index in [1.807, 2.05) is 0 Å². The van der Waals surface area contributed by atoms with E-state index < -0.39 is 4.92 Å². The summed E-state index contributed by atoms with van der Waals surface area (Å²) in [5.74, 6) is 0.323. The predicted molar refractivity (Wildman–Crippen MR) is 75.0 cm³/mol. The van der Waals surface area contributed by atoms with Crippen LogP contribution in [0.25, 0.3) is 0 Å². The first-order valence-corrected chi connectivity index (χ1v) is 6.78. The summed E-state index contributed by atoms with van der Waals surface area (Å²) in [6.45, 7) is 0.579. The van der Waals surface area contributed by atoms with Crippen LogP contribution >= 0.6 is 23.2 Å². The number of nitro groups is 1. The third-order valence-electron chi connectivity index (χ3n) is 3.33. The topological polar surface area (TPSA) is 75.4 Å². The second kappa shape index (κ2) is 5.94. The fourth-order valence-electron chi connectivity index (χ4n) is 2.32. The number of benzene rings is 1. The summed E-state index contributed by atoms with van der Waals surface area (Å²) in [6.07, 6.45) is 2.18. The molecular formula is C12H14Cl2N2O3. The zero-order valence-electron chi connectivity index (χ0n) is 10.1. The van der Waals surface area contributed by atoms with Gasteiger partial charge in [-0.3, -0.25) is 10.1 Å². The highest BCUT2D eigenvalue weighted by atomic mass is 35.5. The normalized spacial score (nSPS) is 22.5. The third-order valence-corrected chi connectivity index (χ3v) is 4.05. The summed E-state index contributed by atoms with van der Waals surface area (Å²) in [4.78, 5) is 10.5. The lowest BCUT2D eigenvalue weighted by atomic mass is 10.1. The van der Waals surface area contributed by atoms with E-state index in [1.54, 1.807) is 0 Å². The molecule has 0 radical (unpaired) electrons. The molecule has 1 aromatic carbocycles. The van der Waals surface area contributed by atoms with Crippen LogP contribution in [-0.2, 0) is 0 Å². The number of nitrogens with zero attached hydrogens (tertiary/aromatic N) is 1. The molecule has 0 aliphatic heterocycles. The second-order valence-electron chi connectivity index (χ2n) is 4.75. The highest BCUT2D eigenvalue weighted by molar-refractivity contribution is 6.42. The van der Waals surface area contributed by atoms with Crippen LogP contribution in [0.3, 0.4) is 0 Å². The third kappa shape index (κ3) is 3.49. The number of hydrogen-bond donors (Lipinski definition) is 2. The minimum Gasteiger partial charge on any atom is -0.393 e. The van der Waals surface area contributed by atoms with Gasteiger partial charge in [-0.25, -0.2) is 0 Å². The Balaban J connectivity index is 2.10. The smallest absolute Gasteiger partial charge is 0.293 e. The van der Waals surface area contributed by atoms with Crippen LogP contribution in [-0.4, -0.2) is 22.7 Å². The molecule has 1 aliphatic carbocycles. The van der Waals surface area contributed by atoms with E-state index in [0.29, 0.717) is 18.2 Å². The van der Waals surface area contributed by atoms with Gasteiger partial charge in [0, 0.05) is 12.6 Å². The summed E-state index contributed by atoms with van der Waals surface area (Å²) < 4.78 is 0. The van der Waals surface area contributed by atoms with Crippen molar-refractivity contribution in [3.8, 4) is 0 Å². The van der Waals surface area contributed by atoms with E-state index in [1.165, 1.54) is 12.1 Å². The number of anilines is 1. The molecule has 2 rings (SSSR count). The van der Waals surface area contributed by atoms with Crippen LogP contribution in [0.4, 0.5) is 11.4 Å². The summed E-state index contributed by atoms with van der Waals surface area (Å²) in [5, 5.41) is 23.9. The zero-order valence-corrected chi connectivity index (χ0v) is 11.6. The van der Waals surface area contributed by atoms with Crippen LogP contribution in [0.5, 0.6) is 0 Å². The maximum absolute atomic E-state index is 11.0. The van der Waals surface area contributed by atoms with E-state index in [9.17, 15) is 15.2 Å². The van der Waals surface area contributed by atoms with Crippen LogP contribution in [0, 0.1) is 16.0 Å². The van der Waals surface area contributed by atoms with E-state index >= 15 is 0 Å². The Hall–Kier alpha value is -1.04. The van der Waals surface area contributed by atoms with E-state index in [2.05, 4.69) is 5.32 Å². The molecule has 2 unspecified atom stereocenters. The van der Waals surface area contributed by atoms with Gasteiger partial charge in [0.1, 0.15) is 5.69 Å². The molecule has 0 aromatic heterocycles. The van der Waals surface area contributed by atoms with E-state index in [4.69, 9.17) is 23.2 Å². The quantitative estimate of drug-likeness (QED) is 0.659. The van der Waals surface area contributed by atoms with Gasteiger partial charge in [-0.1, -0.05) is 23.2 Å². The highest BCUT2D eigenvalue weighted by Crippen LogP contribution is 2.34. The molecule has 2 atom stereocenters. The van der Waals surface area contributed by atoms with E-state index in [-0.39, 0.29) is 21.8 Å². The average Bonchev–Trinajstić information content (AvgIpc) is 2.76. The van der Waals surface area contributed by atoms with Crippen LogP contribution < -0.4 is 5.32 Å². The van der Waals surface area contributed by atoms with Crippen molar-refractivity contribution in [3.05, 3.63) is 32.3 Å². The fourth-order valence-corrected chi connectivity index (χ4v) is 2.64. The first-order valence-electron chi connectivity index (χ1n) is 6.02. The predicted octanol–water partition coefficient (Wildman–Crippen LogP) is 3.47. The van der Waals surface area contributed by atoms with Crippen molar-refractivity contribution < 1.29 is 10.0 Å². The van der Waals surface area contributed by atoms with Crippen LogP contribution in [0.1, 0.15) is 19.3 Å². The first kappa shape index (κ1) is 14.4. The largest absolute Gasteiger partial charge is 0.393 e. The minimum atomic E-state index is -0.492. The van der Waals surface area contributed by atoms with Crippen LogP contribution in [0.15, 0.2) is 12.1 Å². The summed E-state index contributed by atoms with van der Waals surface area (Å²) in [6, 6.07) is 2.71. The van der Waals surface area contributed by atoms with Gasteiger partial charge in [-0.2, -0.15) is 0 Å². The van der Waals surface area contributed by atoms with Crippen molar-refractivity contribution in [1.29, 1.82) is 0 Å². The lowest BCUT2D eigenvalue weighted by Crippen LogP contribution is -2.13. The van der Waals surface area contributed by atoms with Crippen LogP contribution in [0.2, 0.25) is 10.0 Å². The van der Waals surface area contributed by atoms with Crippen molar-refractivity contribution in [3.63, 3.8) is 0 Å². The van der Waals surface area contributed by atoms with Gasteiger partial charge < -0.3 is 10.4 Å². The maximum atomic E-state index is 11.0. The number of halogens is 2.